The average Bonchev–Trinajstić information content (AvgIpc) is 3.22. The number of aliphatic carboxylic acids is 1. The molecule has 0 spiro atoms. The van der Waals surface area contributed by atoms with Crippen LogP contribution in [0.15, 0.2) is 28.9 Å². The number of carboxylic acids is 1. The van der Waals surface area contributed by atoms with Gasteiger partial charge in [0, 0.05) is 46.5 Å². The van der Waals surface area contributed by atoms with Crippen LogP contribution in [0.1, 0.15) is 76.2 Å². The summed E-state index contributed by atoms with van der Waals surface area (Å²) in [5.41, 5.74) is 1.78. The number of aromatic nitrogens is 1. The highest BCUT2D eigenvalue weighted by molar-refractivity contribution is 9.10. The minimum atomic E-state index is -1.05. The van der Waals surface area contributed by atoms with Crippen molar-refractivity contribution in [1.29, 1.82) is 0 Å². The smallest absolute Gasteiger partial charge is 0.326 e. The summed E-state index contributed by atoms with van der Waals surface area (Å²) in [6.07, 6.45) is 16.8. The first kappa shape index (κ1) is 27.1. The van der Waals surface area contributed by atoms with Crippen molar-refractivity contribution < 1.29 is 14.7 Å². The summed E-state index contributed by atoms with van der Waals surface area (Å²) in [5.74, 6) is -0.969. The monoisotopic (exact) mass is 551 g/mol. The molecule has 188 valence electrons. The number of amides is 1. The minimum Gasteiger partial charge on any atom is -0.480 e. The number of rotatable bonds is 8. The Morgan fingerprint density at radius 2 is 1.68 bits per heavy atom. The molecule has 0 saturated heterocycles. The van der Waals surface area contributed by atoms with E-state index < -0.39 is 12.0 Å². The predicted molar refractivity (Wildman–Crippen MR) is 145 cm³/mol. The van der Waals surface area contributed by atoms with Gasteiger partial charge < -0.3 is 20.7 Å². The maximum atomic E-state index is 11.6. The van der Waals surface area contributed by atoms with Crippen LogP contribution in [0, 0.1) is 0 Å². The van der Waals surface area contributed by atoms with E-state index >= 15 is 0 Å². The molecule has 4 rings (SSSR count). The number of carboxylic acid groups (broad SMARTS) is 1. The lowest BCUT2D eigenvalue weighted by molar-refractivity contribution is -0.141. The van der Waals surface area contributed by atoms with E-state index in [9.17, 15) is 14.7 Å². The first-order chi connectivity index (χ1) is 16.5. The van der Waals surface area contributed by atoms with Gasteiger partial charge in [0.15, 0.2) is 0 Å². The molecule has 2 aliphatic carbocycles. The fourth-order valence-electron chi connectivity index (χ4n) is 4.98. The quantitative estimate of drug-likeness (QED) is 0.276. The first-order valence-corrected chi connectivity index (χ1v) is 14.0. The average molecular weight is 553 g/mol. The zero-order chi connectivity index (χ0) is 24.3. The van der Waals surface area contributed by atoms with Gasteiger partial charge in [0.2, 0.25) is 5.91 Å². The second-order valence-electron chi connectivity index (χ2n) is 9.48. The normalized spacial score (nSPS) is 18.2. The standard InChI is InChI=1S/C14H15BrN2O3S.C12H23N/c15-9-1-2-11-10(6-9)8(7-16-11)5-12(14(19)20)17-13(18)3-4-21;1-3-7-11(8-4-1)13-12-9-5-2-6-10-12/h1-2,6-7,12,16,21H,3-5H2,(H,17,18)(H,19,20);11-13H,1-10H2. The Labute approximate surface area is 216 Å². The second kappa shape index (κ2) is 14.1. The maximum absolute atomic E-state index is 11.6. The summed E-state index contributed by atoms with van der Waals surface area (Å²) in [6.45, 7) is 0. The molecular formula is C26H38BrN3O3S. The van der Waals surface area contributed by atoms with Gasteiger partial charge in [-0.2, -0.15) is 12.6 Å². The van der Waals surface area contributed by atoms with Crippen molar-refractivity contribution in [3.8, 4) is 0 Å². The molecule has 0 radical (unpaired) electrons. The van der Waals surface area contributed by atoms with Crippen LogP contribution in [-0.2, 0) is 16.0 Å². The highest BCUT2D eigenvalue weighted by atomic mass is 79.9. The fourth-order valence-corrected chi connectivity index (χ4v) is 5.54. The molecule has 1 aromatic heterocycles. The Hall–Kier alpha value is -1.51. The van der Waals surface area contributed by atoms with E-state index in [4.69, 9.17) is 0 Å². The summed E-state index contributed by atoms with van der Waals surface area (Å²) in [4.78, 5) is 26.0. The second-order valence-corrected chi connectivity index (χ2v) is 10.8. The number of fused-ring (bicyclic) bond motifs is 1. The van der Waals surface area contributed by atoms with Crippen molar-refractivity contribution in [2.75, 3.05) is 5.75 Å². The Kier molecular flexibility index (Phi) is 11.3. The summed E-state index contributed by atoms with van der Waals surface area (Å²) >= 11 is 7.36. The number of H-pyrrole nitrogens is 1. The van der Waals surface area contributed by atoms with Crippen molar-refractivity contribution in [3.05, 3.63) is 34.4 Å². The third kappa shape index (κ3) is 8.61. The van der Waals surface area contributed by atoms with Crippen molar-refractivity contribution in [2.24, 2.45) is 0 Å². The molecule has 1 aromatic carbocycles. The number of hydrogen-bond donors (Lipinski definition) is 5. The van der Waals surface area contributed by atoms with Gasteiger partial charge in [-0.3, -0.25) is 4.79 Å². The van der Waals surface area contributed by atoms with Crippen LogP contribution in [0.25, 0.3) is 10.9 Å². The van der Waals surface area contributed by atoms with Gasteiger partial charge in [0.1, 0.15) is 6.04 Å². The molecule has 1 atom stereocenters. The molecule has 6 nitrogen and oxygen atoms in total. The largest absolute Gasteiger partial charge is 0.480 e. The fraction of sp³-hybridized carbons (Fsp3) is 0.615. The van der Waals surface area contributed by atoms with Gasteiger partial charge >= 0.3 is 5.97 Å². The number of carbonyl (C=O) groups excluding carboxylic acids is 1. The number of halogens is 1. The van der Waals surface area contributed by atoms with Crippen LogP contribution in [0.3, 0.4) is 0 Å². The van der Waals surface area contributed by atoms with Crippen molar-refractivity contribution in [1.82, 2.24) is 15.6 Å². The number of thiol groups is 1. The van der Waals surface area contributed by atoms with E-state index in [1.807, 2.05) is 18.2 Å². The molecule has 1 amide bonds. The minimum absolute atomic E-state index is 0.201. The van der Waals surface area contributed by atoms with E-state index in [1.165, 1.54) is 64.2 Å². The van der Waals surface area contributed by atoms with E-state index in [-0.39, 0.29) is 18.7 Å². The highest BCUT2D eigenvalue weighted by Crippen LogP contribution is 2.24. The number of benzene rings is 1. The third-order valence-electron chi connectivity index (χ3n) is 6.81. The summed E-state index contributed by atoms with van der Waals surface area (Å²) < 4.78 is 0.918. The van der Waals surface area contributed by atoms with Gasteiger partial charge in [-0.15, -0.1) is 0 Å². The van der Waals surface area contributed by atoms with Crippen molar-refractivity contribution in [3.63, 3.8) is 0 Å². The zero-order valence-electron chi connectivity index (χ0n) is 19.8. The van der Waals surface area contributed by atoms with Gasteiger partial charge in [-0.25, -0.2) is 4.79 Å². The van der Waals surface area contributed by atoms with Gasteiger partial charge in [0.25, 0.3) is 0 Å². The Balaban J connectivity index is 0.000000212. The number of carbonyl (C=O) groups is 2. The number of nitrogens with one attached hydrogen (secondary N) is 3. The summed E-state index contributed by atoms with van der Waals surface area (Å²) in [6, 6.07) is 6.54. The summed E-state index contributed by atoms with van der Waals surface area (Å²) in [7, 11) is 0. The molecule has 2 fully saturated rings. The van der Waals surface area contributed by atoms with Gasteiger partial charge in [-0.1, -0.05) is 54.5 Å². The molecule has 4 N–H and O–H groups in total. The lowest BCUT2D eigenvalue weighted by atomic mass is 9.91. The Bertz CT molecular complexity index is 907. The Morgan fingerprint density at radius 3 is 2.24 bits per heavy atom. The van der Waals surface area contributed by atoms with Crippen LogP contribution in [0.2, 0.25) is 0 Å². The van der Waals surface area contributed by atoms with Gasteiger partial charge in [-0.05, 0) is 55.2 Å². The summed E-state index contributed by atoms with van der Waals surface area (Å²) in [5, 5.41) is 16.6. The van der Waals surface area contributed by atoms with E-state index in [0.29, 0.717) is 5.75 Å². The lowest BCUT2D eigenvalue weighted by Gasteiger charge is -2.30. The van der Waals surface area contributed by atoms with Crippen molar-refractivity contribution in [2.45, 2.75) is 95.2 Å². The molecule has 34 heavy (non-hydrogen) atoms. The molecule has 0 aliphatic heterocycles. The van der Waals surface area contributed by atoms with Crippen LogP contribution >= 0.6 is 28.6 Å². The SMILES string of the molecule is C1CCC(NC2CCCCC2)CC1.O=C(CCS)NC(Cc1c[nH]c2ccc(Br)cc12)C(=O)O. The van der Waals surface area contributed by atoms with Crippen LogP contribution < -0.4 is 10.6 Å². The van der Waals surface area contributed by atoms with Crippen LogP contribution in [0.4, 0.5) is 0 Å². The molecule has 8 heteroatoms. The molecule has 0 bridgehead atoms. The van der Waals surface area contributed by atoms with Gasteiger partial charge in [0.05, 0.1) is 0 Å². The number of hydrogen-bond acceptors (Lipinski definition) is 4. The van der Waals surface area contributed by atoms with E-state index in [2.05, 4.69) is 44.2 Å². The van der Waals surface area contributed by atoms with E-state index in [1.54, 1.807) is 6.20 Å². The predicted octanol–water partition coefficient (Wildman–Crippen LogP) is 5.60. The van der Waals surface area contributed by atoms with E-state index in [0.717, 1.165) is 33.0 Å². The molecule has 2 aromatic rings. The molecule has 2 aliphatic rings. The molecule has 2 saturated carbocycles. The zero-order valence-corrected chi connectivity index (χ0v) is 22.3. The molecular weight excluding hydrogens is 514 g/mol. The molecule has 1 unspecified atom stereocenters. The van der Waals surface area contributed by atoms with Crippen LogP contribution in [-0.4, -0.2) is 45.8 Å². The Morgan fingerprint density at radius 1 is 1.06 bits per heavy atom. The third-order valence-corrected chi connectivity index (χ3v) is 7.52. The van der Waals surface area contributed by atoms with Crippen molar-refractivity contribution >= 4 is 51.3 Å². The van der Waals surface area contributed by atoms with Crippen LogP contribution in [0.5, 0.6) is 0 Å². The molecule has 1 heterocycles. The topological polar surface area (TPSA) is 94.2 Å². The number of aromatic amines is 1. The lowest BCUT2D eigenvalue weighted by Crippen LogP contribution is -2.42. The first-order valence-electron chi connectivity index (χ1n) is 12.6. The maximum Gasteiger partial charge on any atom is 0.326 e. The highest BCUT2D eigenvalue weighted by Gasteiger charge is 2.22.